The summed E-state index contributed by atoms with van der Waals surface area (Å²) in [5, 5.41) is 5.71. The third kappa shape index (κ3) is 6.60. The lowest BCUT2D eigenvalue weighted by Crippen LogP contribution is -2.50. The molecule has 2 aromatic carbocycles. The van der Waals surface area contributed by atoms with Crippen molar-refractivity contribution in [1.82, 2.24) is 5.32 Å². The Kier molecular flexibility index (Phi) is 8.17. The number of ether oxygens (including phenoxy) is 1. The Labute approximate surface area is 207 Å². The maximum absolute atomic E-state index is 13.2. The molecule has 2 atom stereocenters. The number of anilines is 2. The SMILES string of the molecule is CC1COCC(C)N1c1ccc(C(=O)NCCC(N)=O)cc1NC(=O)c1ccc(C(C)(C)C)cc1. The van der Waals surface area contributed by atoms with Crippen molar-refractivity contribution in [3.05, 3.63) is 59.2 Å². The largest absolute Gasteiger partial charge is 0.377 e. The van der Waals surface area contributed by atoms with E-state index in [1.54, 1.807) is 12.1 Å². The number of primary amides is 1. The fourth-order valence-corrected chi connectivity index (χ4v) is 4.20. The Bertz CT molecular complexity index is 1070. The molecule has 1 heterocycles. The number of hydrogen-bond donors (Lipinski definition) is 3. The summed E-state index contributed by atoms with van der Waals surface area (Å²) in [5.74, 6) is -1.08. The van der Waals surface area contributed by atoms with Crippen LogP contribution in [0.25, 0.3) is 0 Å². The molecule has 3 rings (SSSR count). The molecule has 0 aliphatic carbocycles. The monoisotopic (exact) mass is 480 g/mol. The van der Waals surface area contributed by atoms with Crippen molar-refractivity contribution in [2.45, 2.75) is 58.5 Å². The first-order valence-corrected chi connectivity index (χ1v) is 12.0. The van der Waals surface area contributed by atoms with Gasteiger partial charge in [-0.05, 0) is 55.2 Å². The van der Waals surface area contributed by atoms with Crippen LogP contribution in [0.2, 0.25) is 0 Å². The van der Waals surface area contributed by atoms with Gasteiger partial charge < -0.3 is 26.0 Å². The molecular formula is C27H36N4O4. The second kappa shape index (κ2) is 10.9. The number of morpholine rings is 1. The lowest BCUT2D eigenvalue weighted by atomic mass is 9.86. The van der Waals surface area contributed by atoms with Crippen molar-refractivity contribution in [3.8, 4) is 0 Å². The second-order valence-corrected chi connectivity index (χ2v) is 10.1. The third-order valence-corrected chi connectivity index (χ3v) is 6.12. The van der Waals surface area contributed by atoms with E-state index in [9.17, 15) is 14.4 Å². The lowest BCUT2D eigenvalue weighted by molar-refractivity contribution is -0.117. The van der Waals surface area contributed by atoms with Crippen molar-refractivity contribution in [1.29, 1.82) is 0 Å². The van der Waals surface area contributed by atoms with Crippen LogP contribution in [-0.2, 0) is 14.9 Å². The predicted molar refractivity (Wildman–Crippen MR) is 138 cm³/mol. The van der Waals surface area contributed by atoms with Gasteiger partial charge in [0, 0.05) is 36.2 Å². The van der Waals surface area contributed by atoms with Crippen LogP contribution in [0, 0.1) is 0 Å². The van der Waals surface area contributed by atoms with E-state index in [0.717, 1.165) is 11.3 Å². The average molecular weight is 481 g/mol. The van der Waals surface area contributed by atoms with Crippen molar-refractivity contribution in [3.63, 3.8) is 0 Å². The highest BCUT2D eigenvalue weighted by Crippen LogP contribution is 2.33. The van der Waals surface area contributed by atoms with Gasteiger partial charge in [-0.1, -0.05) is 32.9 Å². The molecule has 0 aromatic heterocycles. The molecule has 1 fully saturated rings. The summed E-state index contributed by atoms with van der Waals surface area (Å²) in [4.78, 5) is 39.1. The van der Waals surface area contributed by atoms with Gasteiger partial charge in [0.15, 0.2) is 0 Å². The van der Waals surface area contributed by atoms with E-state index in [1.807, 2.05) is 30.3 Å². The highest BCUT2D eigenvalue weighted by Gasteiger charge is 2.28. The van der Waals surface area contributed by atoms with Crippen LogP contribution in [0.1, 0.15) is 67.3 Å². The van der Waals surface area contributed by atoms with Crippen molar-refractivity contribution in [2.75, 3.05) is 30.0 Å². The molecule has 35 heavy (non-hydrogen) atoms. The highest BCUT2D eigenvalue weighted by molar-refractivity contribution is 6.07. The number of nitrogens with one attached hydrogen (secondary N) is 2. The average Bonchev–Trinajstić information content (AvgIpc) is 2.79. The van der Waals surface area contributed by atoms with Crippen molar-refractivity contribution < 1.29 is 19.1 Å². The van der Waals surface area contributed by atoms with Gasteiger partial charge in [-0.2, -0.15) is 0 Å². The van der Waals surface area contributed by atoms with E-state index >= 15 is 0 Å². The van der Waals surface area contributed by atoms with E-state index < -0.39 is 5.91 Å². The van der Waals surface area contributed by atoms with Gasteiger partial charge in [0.25, 0.3) is 11.8 Å². The normalized spacial score (nSPS) is 18.1. The lowest BCUT2D eigenvalue weighted by Gasteiger charge is -2.41. The number of nitrogens with two attached hydrogens (primary N) is 1. The number of hydrogen-bond acceptors (Lipinski definition) is 5. The molecule has 1 aliphatic rings. The van der Waals surface area contributed by atoms with E-state index in [1.165, 1.54) is 0 Å². The zero-order valence-electron chi connectivity index (χ0n) is 21.2. The number of amides is 3. The summed E-state index contributed by atoms with van der Waals surface area (Å²) >= 11 is 0. The first-order chi connectivity index (χ1) is 16.5. The summed E-state index contributed by atoms with van der Waals surface area (Å²) < 4.78 is 5.67. The number of rotatable bonds is 7. The summed E-state index contributed by atoms with van der Waals surface area (Å²) in [6.07, 6.45) is 0.0563. The first kappa shape index (κ1) is 26.2. The number of carbonyl (C=O) groups is 3. The smallest absolute Gasteiger partial charge is 0.255 e. The Balaban J connectivity index is 1.91. The zero-order valence-corrected chi connectivity index (χ0v) is 21.2. The van der Waals surface area contributed by atoms with E-state index in [-0.39, 0.29) is 42.3 Å². The minimum Gasteiger partial charge on any atom is -0.377 e. The number of benzene rings is 2. The van der Waals surface area contributed by atoms with E-state index in [2.05, 4.69) is 50.2 Å². The molecule has 3 amide bonds. The van der Waals surface area contributed by atoms with Gasteiger partial charge in [0.05, 0.1) is 24.6 Å². The van der Waals surface area contributed by atoms with Gasteiger partial charge in [0.1, 0.15) is 0 Å². The molecule has 0 saturated carbocycles. The van der Waals surface area contributed by atoms with Crippen LogP contribution in [0.15, 0.2) is 42.5 Å². The van der Waals surface area contributed by atoms with E-state index in [0.29, 0.717) is 30.0 Å². The Hall–Kier alpha value is -3.39. The quantitative estimate of drug-likeness (QED) is 0.562. The molecule has 1 aliphatic heterocycles. The van der Waals surface area contributed by atoms with Crippen LogP contribution in [0.3, 0.4) is 0 Å². The van der Waals surface area contributed by atoms with Gasteiger partial charge in [-0.3, -0.25) is 14.4 Å². The standard InChI is InChI=1S/C27H36N4O4/c1-17-15-35-16-18(2)31(17)23-11-8-20(25(33)29-13-12-24(28)32)14-22(23)30-26(34)19-6-9-21(10-7-19)27(3,4)5/h6-11,14,17-18H,12-13,15-16H2,1-5H3,(H2,28,32)(H,29,33)(H,30,34). The fourth-order valence-electron chi connectivity index (χ4n) is 4.20. The van der Waals surface area contributed by atoms with Gasteiger partial charge in [-0.25, -0.2) is 0 Å². The molecule has 8 heteroatoms. The molecule has 0 spiro atoms. The first-order valence-electron chi connectivity index (χ1n) is 12.0. The topological polar surface area (TPSA) is 114 Å². The van der Waals surface area contributed by atoms with Gasteiger partial charge >= 0.3 is 0 Å². The number of nitrogens with zero attached hydrogens (tertiary/aromatic N) is 1. The van der Waals surface area contributed by atoms with Crippen LogP contribution < -0.4 is 21.3 Å². The predicted octanol–water partition coefficient (Wildman–Crippen LogP) is 3.46. The van der Waals surface area contributed by atoms with Gasteiger partial charge in [-0.15, -0.1) is 0 Å². The maximum Gasteiger partial charge on any atom is 0.255 e. The Morgan fingerprint density at radius 2 is 1.57 bits per heavy atom. The molecule has 4 N–H and O–H groups in total. The Morgan fingerprint density at radius 1 is 0.971 bits per heavy atom. The number of carbonyl (C=O) groups excluding carboxylic acids is 3. The highest BCUT2D eigenvalue weighted by atomic mass is 16.5. The van der Waals surface area contributed by atoms with Crippen molar-refractivity contribution in [2.24, 2.45) is 5.73 Å². The zero-order chi connectivity index (χ0) is 25.8. The third-order valence-electron chi connectivity index (χ3n) is 6.12. The minimum absolute atomic E-state index is 0.0129. The summed E-state index contributed by atoms with van der Waals surface area (Å²) in [6, 6.07) is 13.0. The van der Waals surface area contributed by atoms with Crippen LogP contribution >= 0.6 is 0 Å². The van der Waals surface area contributed by atoms with E-state index in [4.69, 9.17) is 10.5 Å². The molecule has 0 bridgehead atoms. The maximum atomic E-state index is 13.2. The molecule has 0 radical (unpaired) electrons. The molecule has 8 nitrogen and oxygen atoms in total. The Morgan fingerprint density at radius 3 is 2.14 bits per heavy atom. The summed E-state index contributed by atoms with van der Waals surface area (Å²) in [7, 11) is 0. The van der Waals surface area contributed by atoms with Crippen molar-refractivity contribution >= 4 is 29.1 Å². The fraction of sp³-hybridized carbons (Fsp3) is 0.444. The summed E-state index contributed by atoms with van der Waals surface area (Å²) in [5.41, 5.74) is 8.56. The van der Waals surface area contributed by atoms with Crippen LogP contribution in [-0.4, -0.2) is 49.6 Å². The van der Waals surface area contributed by atoms with Gasteiger partial charge in [0.2, 0.25) is 5.91 Å². The minimum atomic E-state index is -0.485. The molecular weight excluding hydrogens is 444 g/mol. The molecule has 188 valence electrons. The molecule has 2 unspecified atom stereocenters. The summed E-state index contributed by atoms with van der Waals surface area (Å²) in [6.45, 7) is 11.8. The second-order valence-electron chi connectivity index (χ2n) is 10.1. The molecule has 1 saturated heterocycles. The van der Waals surface area contributed by atoms with Crippen LogP contribution in [0.5, 0.6) is 0 Å². The van der Waals surface area contributed by atoms with Crippen LogP contribution in [0.4, 0.5) is 11.4 Å². The molecule has 2 aromatic rings.